The molecular formula is C12H16N2. The first-order chi connectivity index (χ1) is 6.69. The number of hydrogen-bond donors (Lipinski definition) is 1. The number of hydrogen-bond acceptors (Lipinski definition) is 2. The lowest BCUT2D eigenvalue weighted by Crippen LogP contribution is -2.18. The zero-order chi connectivity index (χ0) is 10.6. The summed E-state index contributed by atoms with van der Waals surface area (Å²) in [6.07, 6.45) is 1.07. The van der Waals surface area contributed by atoms with Crippen molar-refractivity contribution in [1.29, 1.82) is 5.26 Å². The fraction of sp³-hybridized carbons (Fsp3) is 0.417. The molecule has 0 aromatic heterocycles. The van der Waals surface area contributed by atoms with Crippen LogP contribution in [0.1, 0.15) is 37.4 Å². The van der Waals surface area contributed by atoms with Crippen LogP contribution in [0.5, 0.6) is 0 Å². The largest absolute Gasteiger partial charge is 0.324 e. The molecule has 1 rings (SSSR count). The second kappa shape index (κ2) is 4.78. The van der Waals surface area contributed by atoms with Crippen LogP contribution in [-0.4, -0.2) is 0 Å². The van der Waals surface area contributed by atoms with Gasteiger partial charge < -0.3 is 5.73 Å². The van der Waals surface area contributed by atoms with Gasteiger partial charge in [-0.25, -0.2) is 0 Å². The molecule has 2 heteroatoms. The lowest BCUT2D eigenvalue weighted by molar-refractivity contribution is 0.457. The molecule has 0 bridgehead atoms. The summed E-state index contributed by atoms with van der Waals surface area (Å²) in [5, 5.41) is 8.64. The highest BCUT2D eigenvalue weighted by Gasteiger charge is 2.12. The predicted molar refractivity (Wildman–Crippen MR) is 57.5 cm³/mol. The number of nitrogens with zero attached hydrogens (tertiary/aromatic N) is 1. The molecule has 2 atom stereocenters. The van der Waals surface area contributed by atoms with Crippen molar-refractivity contribution in [2.45, 2.75) is 26.3 Å². The summed E-state index contributed by atoms with van der Waals surface area (Å²) in [6.45, 7) is 4.27. The highest BCUT2D eigenvalue weighted by Crippen LogP contribution is 2.21. The molecular weight excluding hydrogens is 172 g/mol. The standard InChI is InChI=1S/C12H16N2/c1-3-9(2)12(14)11-6-4-10(8-13)5-7-11/h4-7,9,12H,3,14H2,1-2H3. The molecule has 74 valence electrons. The maximum Gasteiger partial charge on any atom is 0.0991 e. The molecule has 2 nitrogen and oxygen atoms in total. The van der Waals surface area contributed by atoms with E-state index in [-0.39, 0.29) is 6.04 Å². The van der Waals surface area contributed by atoms with Crippen molar-refractivity contribution in [2.75, 3.05) is 0 Å². The van der Waals surface area contributed by atoms with E-state index in [1.165, 1.54) is 0 Å². The molecule has 0 radical (unpaired) electrons. The Balaban J connectivity index is 2.82. The smallest absolute Gasteiger partial charge is 0.0991 e. The summed E-state index contributed by atoms with van der Waals surface area (Å²) in [4.78, 5) is 0. The molecule has 0 aliphatic carbocycles. The second-order valence-corrected chi connectivity index (χ2v) is 3.65. The van der Waals surface area contributed by atoms with Gasteiger partial charge in [0.05, 0.1) is 11.6 Å². The van der Waals surface area contributed by atoms with Crippen molar-refractivity contribution in [3.63, 3.8) is 0 Å². The minimum absolute atomic E-state index is 0.0766. The van der Waals surface area contributed by atoms with Gasteiger partial charge in [-0.15, -0.1) is 0 Å². The first kappa shape index (κ1) is 10.7. The molecule has 2 unspecified atom stereocenters. The summed E-state index contributed by atoms with van der Waals surface area (Å²) < 4.78 is 0. The van der Waals surface area contributed by atoms with E-state index in [9.17, 15) is 0 Å². The molecule has 0 heterocycles. The van der Waals surface area contributed by atoms with Crippen LogP contribution in [0.3, 0.4) is 0 Å². The van der Waals surface area contributed by atoms with Gasteiger partial charge in [-0.1, -0.05) is 32.4 Å². The third-order valence-corrected chi connectivity index (χ3v) is 2.68. The lowest BCUT2D eigenvalue weighted by atomic mass is 9.93. The summed E-state index contributed by atoms with van der Waals surface area (Å²) in [5.74, 6) is 0.475. The average molecular weight is 188 g/mol. The van der Waals surface area contributed by atoms with Gasteiger partial charge in [0.1, 0.15) is 0 Å². The third-order valence-electron chi connectivity index (χ3n) is 2.68. The van der Waals surface area contributed by atoms with Crippen LogP contribution in [0.2, 0.25) is 0 Å². The molecule has 1 aromatic rings. The van der Waals surface area contributed by atoms with E-state index in [0.29, 0.717) is 11.5 Å². The Morgan fingerprint density at radius 2 is 1.93 bits per heavy atom. The minimum Gasteiger partial charge on any atom is -0.324 e. The van der Waals surface area contributed by atoms with Gasteiger partial charge in [-0.3, -0.25) is 0 Å². The molecule has 0 saturated carbocycles. The van der Waals surface area contributed by atoms with Crippen LogP contribution in [0.15, 0.2) is 24.3 Å². The third kappa shape index (κ3) is 2.34. The van der Waals surface area contributed by atoms with Crippen LogP contribution in [0.4, 0.5) is 0 Å². The second-order valence-electron chi connectivity index (χ2n) is 3.65. The summed E-state index contributed by atoms with van der Waals surface area (Å²) in [7, 11) is 0. The Labute approximate surface area is 85.4 Å². The predicted octanol–water partition coefficient (Wildman–Crippen LogP) is 2.60. The van der Waals surface area contributed by atoms with E-state index in [1.54, 1.807) is 0 Å². The van der Waals surface area contributed by atoms with Crippen molar-refractivity contribution in [3.05, 3.63) is 35.4 Å². The fourth-order valence-corrected chi connectivity index (χ4v) is 1.36. The summed E-state index contributed by atoms with van der Waals surface area (Å²) >= 11 is 0. The molecule has 0 saturated heterocycles. The zero-order valence-electron chi connectivity index (χ0n) is 8.70. The number of rotatable bonds is 3. The molecule has 2 N–H and O–H groups in total. The van der Waals surface area contributed by atoms with E-state index in [2.05, 4.69) is 19.9 Å². The quantitative estimate of drug-likeness (QED) is 0.792. The van der Waals surface area contributed by atoms with E-state index < -0.39 is 0 Å². The van der Waals surface area contributed by atoms with Gasteiger partial charge in [0.15, 0.2) is 0 Å². The number of nitrogens with two attached hydrogens (primary N) is 1. The van der Waals surface area contributed by atoms with E-state index in [4.69, 9.17) is 11.0 Å². The molecule has 14 heavy (non-hydrogen) atoms. The monoisotopic (exact) mass is 188 g/mol. The van der Waals surface area contributed by atoms with Gasteiger partial charge in [0.25, 0.3) is 0 Å². The number of benzene rings is 1. The van der Waals surface area contributed by atoms with Crippen molar-refractivity contribution < 1.29 is 0 Å². The molecule has 1 aromatic carbocycles. The van der Waals surface area contributed by atoms with Gasteiger partial charge in [-0.2, -0.15) is 5.26 Å². The normalized spacial score (nSPS) is 14.4. The molecule has 0 fully saturated rings. The molecule has 0 aliphatic rings. The van der Waals surface area contributed by atoms with E-state index in [0.717, 1.165) is 12.0 Å². The van der Waals surface area contributed by atoms with Crippen LogP contribution in [0, 0.1) is 17.2 Å². The van der Waals surface area contributed by atoms with Crippen LogP contribution in [0.25, 0.3) is 0 Å². The van der Waals surface area contributed by atoms with E-state index in [1.807, 2.05) is 24.3 Å². The van der Waals surface area contributed by atoms with E-state index >= 15 is 0 Å². The van der Waals surface area contributed by atoms with Gasteiger partial charge >= 0.3 is 0 Å². The lowest BCUT2D eigenvalue weighted by Gasteiger charge is -2.18. The molecule has 0 spiro atoms. The number of nitriles is 1. The fourth-order valence-electron chi connectivity index (χ4n) is 1.36. The maximum absolute atomic E-state index is 8.64. The van der Waals surface area contributed by atoms with Gasteiger partial charge in [0, 0.05) is 6.04 Å². The van der Waals surface area contributed by atoms with Crippen molar-refractivity contribution >= 4 is 0 Å². The highest BCUT2D eigenvalue weighted by molar-refractivity contribution is 5.32. The first-order valence-corrected chi connectivity index (χ1v) is 4.94. The SMILES string of the molecule is CCC(C)C(N)c1ccc(C#N)cc1. The zero-order valence-corrected chi connectivity index (χ0v) is 8.70. The van der Waals surface area contributed by atoms with Crippen molar-refractivity contribution in [2.24, 2.45) is 11.7 Å². The highest BCUT2D eigenvalue weighted by atomic mass is 14.6. The maximum atomic E-state index is 8.64. The Kier molecular flexibility index (Phi) is 3.67. The Hall–Kier alpha value is -1.33. The summed E-state index contributed by atoms with van der Waals surface area (Å²) in [5.41, 5.74) is 7.85. The summed E-state index contributed by atoms with van der Waals surface area (Å²) in [6, 6.07) is 9.69. The average Bonchev–Trinajstić information content (AvgIpc) is 2.27. The van der Waals surface area contributed by atoms with Crippen LogP contribution in [-0.2, 0) is 0 Å². The van der Waals surface area contributed by atoms with Gasteiger partial charge in [-0.05, 0) is 23.6 Å². The van der Waals surface area contributed by atoms with Gasteiger partial charge in [0.2, 0.25) is 0 Å². The van der Waals surface area contributed by atoms with Crippen molar-refractivity contribution in [3.8, 4) is 6.07 Å². The Morgan fingerprint density at radius 1 is 1.36 bits per heavy atom. The minimum atomic E-state index is 0.0766. The Morgan fingerprint density at radius 3 is 2.36 bits per heavy atom. The Bertz CT molecular complexity index is 321. The first-order valence-electron chi connectivity index (χ1n) is 4.94. The molecule has 0 aliphatic heterocycles. The van der Waals surface area contributed by atoms with Crippen LogP contribution < -0.4 is 5.73 Å². The molecule has 0 amide bonds. The van der Waals surface area contributed by atoms with Crippen LogP contribution >= 0.6 is 0 Å². The topological polar surface area (TPSA) is 49.8 Å². The van der Waals surface area contributed by atoms with Crippen molar-refractivity contribution in [1.82, 2.24) is 0 Å².